The number of nitrogens with zero attached hydrogens (tertiary/aromatic N) is 2. The number of cyclic esters (lactones) is 1. The van der Waals surface area contributed by atoms with Crippen LogP contribution in [0.5, 0.6) is 17.2 Å². The number of aromatic nitrogens is 2. The SMILES string of the molecule is CCC1(O)C(=O)OCc2c1cc1n(c2=O)Cc2cc3ccccc3nc2-1.O=C(O)c1cc(O)c(O)c(O)c1. The Morgan fingerprint density at radius 1 is 1.08 bits per heavy atom. The molecule has 2 aliphatic heterocycles. The Hall–Kier alpha value is -4.90. The van der Waals surface area contributed by atoms with Crippen LogP contribution in [0.4, 0.5) is 0 Å². The van der Waals surface area contributed by atoms with Gasteiger partial charge in [0.25, 0.3) is 5.56 Å². The number of aromatic carboxylic acids is 1. The van der Waals surface area contributed by atoms with Gasteiger partial charge in [-0.1, -0.05) is 25.1 Å². The molecular formula is C27H22N2O9. The number of benzene rings is 2. The van der Waals surface area contributed by atoms with Crippen LogP contribution >= 0.6 is 0 Å². The summed E-state index contributed by atoms with van der Waals surface area (Å²) < 4.78 is 6.72. The molecule has 6 rings (SSSR count). The summed E-state index contributed by atoms with van der Waals surface area (Å²) in [4.78, 5) is 40.2. The van der Waals surface area contributed by atoms with Crippen molar-refractivity contribution >= 4 is 22.8 Å². The zero-order valence-corrected chi connectivity index (χ0v) is 20.0. The molecule has 38 heavy (non-hydrogen) atoms. The molecule has 0 amide bonds. The Kier molecular flexibility index (Phi) is 5.80. The molecule has 0 aliphatic carbocycles. The number of carboxylic acid groups (broad SMARTS) is 1. The van der Waals surface area contributed by atoms with E-state index in [9.17, 15) is 19.5 Å². The smallest absolute Gasteiger partial charge is 0.343 e. The number of ether oxygens (including phenoxy) is 1. The highest BCUT2D eigenvalue weighted by atomic mass is 16.6. The van der Waals surface area contributed by atoms with Crippen molar-refractivity contribution in [3.05, 3.63) is 81.1 Å². The molecular weight excluding hydrogens is 496 g/mol. The second-order valence-corrected chi connectivity index (χ2v) is 8.96. The van der Waals surface area contributed by atoms with Gasteiger partial charge in [0.05, 0.1) is 34.6 Å². The van der Waals surface area contributed by atoms with E-state index in [-0.39, 0.29) is 24.2 Å². The third-order valence-corrected chi connectivity index (χ3v) is 6.73. The molecule has 0 spiro atoms. The Morgan fingerprint density at radius 2 is 1.76 bits per heavy atom. The van der Waals surface area contributed by atoms with Crippen molar-refractivity contribution in [2.45, 2.75) is 32.1 Å². The maximum absolute atomic E-state index is 13.0. The largest absolute Gasteiger partial charge is 0.504 e. The van der Waals surface area contributed by atoms with Crippen molar-refractivity contribution in [3.63, 3.8) is 0 Å². The van der Waals surface area contributed by atoms with Crippen LogP contribution in [-0.2, 0) is 28.3 Å². The van der Waals surface area contributed by atoms with Crippen LogP contribution in [0.1, 0.15) is 40.4 Å². The molecule has 1 atom stereocenters. The molecule has 11 heteroatoms. The molecule has 4 aromatic rings. The molecule has 0 fully saturated rings. The molecule has 4 heterocycles. The van der Waals surface area contributed by atoms with Crippen LogP contribution in [-0.4, -0.2) is 47.0 Å². The molecule has 2 aromatic heterocycles. The van der Waals surface area contributed by atoms with E-state index >= 15 is 0 Å². The van der Waals surface area contributed by atoms with Gasteiger partial charge in [0.15, 0.2) is 22.8 Å². The summed E-state index contributed by atoms with van der Waals surface area (Å²) in [5.74, 6) is -4.04. The average Bonchev–Trinajstić information content (AvgIpc) is 3.26. The highest BCUT2D eigenvalue weighted by Crippen LogP contribution is 2.38. The number of phenolic OH excluding ortho intramolecular Hbond substituents is 3. The van der Waals surface area contributed by atoms with E-state index in [2.05, 4.69) is 0 Å². The first kappa shape index (κ1) is 24.8. The van der Waals surface area contributed by atoms with Gasteiger partial charge < -0.3 is 34.8 Å². The quantitative estimate of drug-likeness (QED) is 0.172. The van der Waals surface area contributed by atoms with E-state index in [1.54, 1.807) is 17.6 Å². The minimum atomic E-state index is -1.79. The Morgan fingerprint density at radius 3 is 2.42 bits per heavy atom. The second kappa shape index (κ2) is 8.89. The lowest BCUT2D eigenvalue weighted by molar-refractivity contribution is -0.172. The van der Waals surface area contributed by atoms with Crippen LogP contribution in [0.2, 0.25) is 0 Å². The third-order valence-electron chi connectivity index (χ3n) is 6.73. The number of carbonyl (C=O) groups is 2. The molecule has 11 nitrogen and oxygen atoms in total. The van der Waals surface area contributed by atoms with E-state index in [1.165, 1.54) is 0 Å². The predicted molar refractivity (Wildman–Crippen MR) is 133 cm³/mol. The molecule has 194 valence electrons. The van der Waals surface area contributed by atoms with Crippen LogP contribution in [0.15, 0.2) is 53.3 Å². The summed E-state index contributed by atoms with van der Waals surface area (Å²) in [6.07, 6.45) is 0.139. The number of para-hydroxylation sites is 1. The fourth-order valence-corrected chi connectivity index (χ4v) is 4.65. The van der Waals surface area contributed by atoms with Gasteiger partial charge in [-0.25, -0.2) is 14.6 Å². The average molecular weight is 518 g/mol. The molecule has 5 N–H and O–H groups in total. The maximum Gasteiger partial charge on any atom is 0.343 e. The lowest BCUT2D eigenvalue weighted by Gasteiger charge is -2.31. The molecule has 0 bridgehead atoms. The number of rotatable bonds is 2. The summed E-state index contributed by atoms with van der Waals surface area (Å²) >= 11 is 0. The zero-order valence-electron chi connectivity index (χ0n) is 20.0. The number of aromatic hydroxyl groups is 3. The van der Waals surface area contributed by atoms with E-state index in [0.29, 0.717) is 23.4 Å². The molecule has 2 aliphatic rings. The van der Waals surface area contributed by atoms with Crippen LogP contribution in [0.25, 0.3) is 22.3 Å². The summed E-state index contributed by atoms with van der Waals surface area (Å²) in [5, 5.41) is 46.8. The summed E-state index contributed by atoms with van der Waals surface area (Å²) in [6.45, 7) is 2.01. The first-order chi connectivity index (χ1) is 18.0. The standard InChI is InChI=1S/C20H16N2O4.C7H6O5/c1-2-20(25)14-8-16-17-12(7-11-5-3-4-6-15(11)21-17)9-22(16)18(23)13(14)10-26-19(20)24;8-4-1-3(7(11)12)2-5(9)6(4)10/h3-8,25H,2,9-10H2,1H3;1-2,8-10H,(H,11,12). The fourth-order valence-electron chi connectivity index (χ4n) is 4.65. The summed E-state index contributed by atoms with van der Waals surface area (Å²) in [5.41, 5.74) is 1.52. The van der Waals surface area contributed by atoms with Crippen molar-refractivity contribution in [3.8, 4) is 28.6 Å². The number of hydrogen-bond donors (Lipinski definition) is 5. The number of phenols is 3. The van der Waals surface area contributed by atoms with Gasteiger partial charge in [0.2, 0.25) is 0 Å². The summed E-state index contributed by atoms with van der Waals surface area (Å²) in [7, 11) is 0. The molecule has 2 aromatic carbocycles. The van der Waals surface area contributed by atoms with Gasteiger partial charge in [-0.15, -0.1) is 0 Å². The van der Waals surface area contributed by atoms with Crippen molar-refractivity contribution in [2.75, 3.05) is 0 Å². The van der Waals surface area contributed by atoms with E-state index < -0.39 is 34.8 Å². The van der Waals surface area contributed by atoms with Crippen molar-refractivity contribution in [1.29, 1.82) is 0 Å². The molecule has 0 saturated heterocycles. The number of aliphatic hydroxyl groups is 1. The molecule has 0 saturated carbocycles. The highest BCUT2D eigenvalue weighted by Gasteiger charge is 2.45. The minimum absolute atomic E-state index is 0.110. The Bertz CT molecular complexity index is 1690. The Labute approximate surface area is 214 Å². The van der Waals surface area contributed by atoms with Gasteiger partial charge in [-0.3, -0.25) is 4.79 Å². The number of hydrogen-bond acceptors (Lipinski definition) is 9. The van der Waals surface area contributed by atoms with E-state index in [0.717, 1.165) is 34.3 Å². The first-order valence-corrected chi connectivity index (χ1v) is 11.6. The monoisotopic (exact) mass is 518 g/mol. The lowest BCUT2D eigenvalue weighted by Crippen LogP contribution is -2.44. The van der Waals surface area contributed by atoms with E-state index in [1.807, 2.05) is 30.3 Å². The van der Waals surface area contributed by atoms with E-state index in [4.69, 9.17) is 30.1 Å². The van der Waals surface area contributed by atoms with Crippen LogP contribution < -0.4 is 5.56 Å². The topological polar surface area (TPSA) is 179 Å². The first-order valence-electron chi connectivity index (χ1n) is 11.6. The van der Waals surface area contributed by atoms with Gasteiger partial charge in [-0.05, 0) is 36.8 Å². The minimum Gasteiger partial charge on any atom is -0.504 e. The van der Waals surface area contributed by atoms with Gasteiger partial charge in [0, 0.05) is 16.5 Å². The van der Waals surface area contributed by atoms with Gasteiger partial charge in [0.1, 0.15) is 6.61 Å². The predicted octanol–water partition coefficient (Wildman–Crippen LogP) is 2.58. The number of fused-ring (bicyclic) bond motifs is 5. The van der Waals surface area contributed by atoms with Crippen molar-refractivity contribution in [1.82, 2.24) is 9.55 Å². The third kappa shape index (κ3) is 3.80. The lowest BCUT2D eigenvalue weighted by atomic mass is 9.86. The highest BCUT2D eigenvalue weighted by molar-refractivity contribution is 5.89. The van der Waals surface area contributed by atoms with Crippen molar-refractivity contribution < 1.29 is 39.9 Å². The number of pyridine rings is 2. The zero-order chi connectivity index (χ0) is 27.4. The number of carboxylic acids is 1. The second-order valence-electron chi connectivity index (χ2n) is 8.96. The fraction of sp³-hybridized carbons (Fsp3) is 0.185. The molecule has 1 unspecified atom stereocenters. The van der Waals surface area contributed by atoms with Crippen LogP contribution in [0.3, 0.4) is 0 Å². The normalized spacial score (nSPS) is 17.1. The molecule has 0 radical (unpaired) electrons. The van der Waals surface area contributed by atoms with Gasteiger partial charge >= 0.3 is 11.9 Å². The Balaban J connectivity index is 0.000000207. The number of carbonyl (C=O) groups excluding carboxylic acids is 1. The van der Waals surface area contributed by atoms with Crippen LogP contribution in [0, 0.1) is 0 Å². The van der Waals surface area contributed by atoms with Crippen molar-refractivity contribution in [2.24, 2.45) is 0 Å². The van der Waals surface area contributed by atoms with Gasteiger partial charge in [-0.2, -0.15) is 0 Å². The maximum atomic E-state index is 13.0. The summed E-state index contributed by atoms with van der Waals surface area (Å²) in [6, 6.07) is 13.2. The number of esters is 1.